The van der Waals surface area contributed by atoms with E-state index in [9.17, 15) is 5.11 Å². The summed E-state index contributed by atoms with van der Waals surface area (Å²) in [7, 11) is 0. The van der Waals surface area contributed by atoms with Crippen LogP contribution in [0.3, 0.4) is 0 Å². The second-order valence-electron chi connectivity index (χ2n) is 4.95. The number of aliphatic imine (C=N–C) groups is 1. The zero-order chi connectivity index (χ0) is 12.6. The predicted molar refractivity (Wildman–Crippen MR) is 75.4 cm³/mol. The third-order valence-corrected chi connectivity index (χ3v) is 4.15. The Morgan fingerprint density at radius 1 is 1.41 bits per heavy atom. The quantitative estimate of drug-likeness (QED) is 0.866. The van der Waals surface area contributed by atoms with Crippen LogP contribution in [-0.2, 0) is 0 Å². The standard InChI is InChI=1S/C14H19NOS/c1-8(2)11-6-13(16)9(3)5-12(11)14-15-7-10(4)17-14/h5-6,8,10,16H,7H2,1-4H3/t10-/m0/s1. The van der Waals surface area contributed by atoms with Gasteiger partial charge in [0.25, 0.3) is 0 Å². The van der Waals surface area contributed by atoms with E-state index in [1.807, 2.05) is 24.8 Å². The molecule has 3 heteroatoms. The third kappa shape index (κ3) is 2.49. The molecule has 0 spiro atoms. The predicted octanol–water partition coefficient (Wildman–Crippen LogP) is 3.71. The van der Waals surface area contributed by atoms with Crippen molar-refractivity contribution in [3.8, 4) is 5.75 Å². The van der Waals surface area contributed by atoms with Gasteiger partial charge in [-0.25, -0.2) is 0 Å². The molecule has 1 heterocycles. The first-order valence-corrected chi connectivity index (χ1v) is 6.92. The number of phenolic OH excluding ortho intramolecular Hbond substituents is 1. The van der Waals surface area contributed by atoms with Gasteiger partial charge in [0.05, 0.1) is 11.6 Å². The number of benzene rings is 1. The molecule has 1 aliphatic heterocycles. The van der Waals surface area contributed by atoms with Crippen LogP contribution >= 0.6 is 11.8 Å². The number of hydrogen-bond donors (Lipinski definition) is 1. The van der Waals surface area contributed by atoms with Gasteiger partial charge >= 0.3 is 0 Å². The number of nitrogens with zero attached hydrogens (tertiary/aromatic N) is 1. The van der Waals surface area contributed by atoms with Crippen molar-refractivity contribution < 1.29 is 5.11 Å². The molecule has 0 bridgehead atoms. The maximum Gasteiger partial charge on any atom is 0.118 e. The fourth-order valence-corrected chi connectivity index (χ4v) is 2.98. The number of thioether (sulfide) groups is 1. The Morgan fingerprint density at radius 2 is 2.12 bits per heavy atom. The van der Waals surface area contributed by atoms with Crippen molar-refractivity contribution in [1.29, 1.82) is 0 Å². The van der Waals surface area contributed by atoms with Gasteiger partial charge in [-0.15, -0.1) is 11.8 Å². The molecule has 1 atom stereocenters. The minimum Gasteiger partial charge on any atom is -0.508 e. The van der Waals surface area contributed by atoms with Gasteiger partial charge in [0.15, 0.2) is 0 Å². The molecule has 2 rings (SSSR count). The summed E-state index contributed by atoms with van der Waals surface area (Å²) < 4.78 is 0. The monoisotopic (exact) mass is 249 g/mol. The summed E-state index contributed by atoms with van der Waals surface area (Å²) in [6.45, 7) is 9.34. The molecule has 0 aliphatic carbocycles. The van der Waals surface area contributed by atoms with E-state index in [1.54, 1.807) is 0 Å². The Balaban J connectivity index is 2.48. The Labute approximate surface area is 107 Å². The highest BCUT2D eigenvalue weighted by molar-refractivity contribution is 8.15. The Bertz CT molecular complexity index is 466. The van der Waals surface area contributed by atoms with Crippen LogP contribution in [0.2, 0.25) is 0 Å². The zero-order valence-electron chi connectivity index (χ0n) is 10.8. The molecule has 0 aromatic heterocycles. The first kappa shape index (κ1) is 12.5. The molecule has 0 amide bonds. The average molecular weight is 249 g/mol. The number of hydrogen-bond acceptors (Lipinski definition) is 3. The summed E-state index contributed by atoms with van der Waals surface area (Å²) in [5, 5.41) is 11.5. The van der Waals surface area contributed by atoms with E-state index in [1.165, 1.54) is 11.1 Å². The van der Waals surface area contributed by atoms with Crippen LogP contribution in [0.4, 0.5) is 0 Å². The average Bonchev–Trinajstić information content (AvgIpc) is 2.68. The first-order valence-electron chi connectivity index (χ1n) is 6.04. The summed E-state index contributed by atoms with van der Waals surface area (Å²) in [5.74, 6) is 0.782. The number of rotatable bonds is 2. The van der Waals surface area contributed by atoms with Crippen LogP contribution < -0.4 is 0 Å². The van der Waals surface area contributed by atoms with Gasteiger partial charge in [-0.3, -0.25) is 4.99 Å². The van der Waals surface area contributed by atoms with E-state index in [4.69, 9.17) is 0 Å². The van der Waals surface area contributed by atoms with Gasteiger partial charge < -0.3 is 5.11 Å². The molecular formula is C14H19NOS. The number of aromatic hydroxyl groups is 1. The van der Waals surface area contributed by atoms with Crippen molar-refractivity contribution in [3.05, 3.63) is 28.8 Å². The second kappa shape index (κ2) is 4.73. The molecule has 0 fully saturated rings. The van der Waals surface area contributed by atoms with Gasteiger partial charge in [0, 0.05) is 10.8 Å². The van der Waals surface area contributed by atoms with E-state index >= 15 is 0 Å². The highest BCUT2D eigenvalue weighted by atomic mass is 32.2. The maximum absolute atomic E-state index is 9.82. The maximum atomic E-state index is 9.82. The Kier molecular flexibility index (Phi) is 3.48. The Morgan fingerprint density at radius 3 is 2.65 bits per heavy atom. The van der Waals surface area contributed by atoms with Gasteiger partial charge in [0.1, 0.15) is 5.75 Å². The van der Waals surface area contributed by atoms with Crippen LogP contribution in [-0.4, -0.2) is 21.9 Å². The lowest BCUT2D eigenvalue weighted by Gasteiger charge is -2.15. The van der Waals surface area contributed by atoms with Crippen molar-refractivity contribution in [2.45, 2.75) is 38.9 Å². The van der Waals surface area contributed by atoms with E-state index in [0.717, 1.165) is 17.2 Å². The fourth-order valence-electron chi connectivity index (χ4n) is 2.00. The molecule has 1 aromatic carbocycles. The molecule has 0 saturated carbocycles. The summed E-state index contributed by atoms with van der Waals surface area (Å²) >= 11 is 1.83. The zero-order valence-corrected chi connectivity index (χ0v) is 11.6. The minimum absolute atomic E-state index is 0.383. The lowest BCUT2D eigenvalue weighted by atomic mass is 9.95. The summed E-state index contributed by atoms with van der Waals surface area (Å²) in [6, 6.07) is 3.95. The summed E-state index contributed by atoms with van der Waals surface area (Å²) in [6.07, 6.45) is 0. The van der Waals surface area contributed by atoms with Gasteiger partial charge in [-0.1, -0.05) is 20.8 Å². The fraction of sp³-hybridized carbons (Fsp3) is 0.500. The Hall–Kier alpha value is -0.960. The molecular weight excluding hydrogens is 230 g/mol. The topological polar surface area (TPSA) is 32.6 Å². The lowest BCUT2D eigenvalue weighted by Crippen LogP contribution is -2.03. The molecule has 0 unspecified atom stereocenters. The highest BCUT2D eigenvalue weighted by Gasteiger charge is 2.21. The highest BCUT2D eigenvalue weighted by Crippen LogP contribution is 2.33. The molecule has 2 nitrogen and oxygen atoms in total. The first-order chi connectivity index (χ1) is 7.99. The van der Waals surface area contributed by atoms with Crippen LogP contribution in [0.1, 0.15) is 43.4 Å². The van der Waals surface area contributed by atoms with E-state index in [-0.39, 0.29) is 0 Å². The van der Waals surface area contributed by atoms with Crippen LogP contribution in [0.5, 0.6) is 5.75 Å². The van der Waals surface area contributed by atoms with Crippen LogP contribution in [0, 0.1) is 6.92 Å². The third-order valence-electron chi connectivity index (χ3n) is 3.03. The van der Waals surface area contributed by atoms with Crippen molar-refractivity contribution in [1.82, 2.24) is 0 Å². The van der Waals surface area contributed by atoms with Crippen molar-refractivity contribution in [2.75, 3.05) is 6.54 Å². The lowest BCUT2D eigenvalue weighted by molar-refractivity contribution is 0.470. The molecule has 1 N–H and O–H groups in total. The van der Waals surface area contributed by atoms with E-state index in [2.05, 4.69) is 31.8 Å². The van der Waals surface area contributed by atoms with Crippen molar-refractivity contribution in [2.24, 2.45) is 4.99 Å². The second-order valence-corrected chi connectivity index (χ2v) is 6.38. The molecule has 0 radical (unpaired) electrons. The largest absolute Gasteiger partial charge is 0.508 e. The van der Waals surface area contributed by atoms with Gasteiger partial charge in [-0.05, 0) is 36.1 Å². The van der Waals surface area contributed by atoms with Gasteiger partial charge in [-0.2, -0.15) is 0 Å². The number of phenols is 1. The molecule has 1 aromatic rings. The summed E-state index contributed by atoms with van der Waals surface area (Å²) in [5.41, 5.74) is 3.31. The van der Waals surface area contributed by atoms with Crippen molar-refractivity contribution in [3.63, 3.8) is 0 Å². The molecule has 0 saturated heterocycles. The smallest absolute Gasteiger partial charge is 0.118 e. The minimum atomic E-state index is 0.383. The molecule has 17 heavy (non-hydrogen) atoms. The van der Waals surface area contributed by atoms with E-state index < -0.39 is 0 Å². The molecule has 92 valence electrons. The van der Waals surface area contributed by atoms with E-state index in [0.29, 0.717) is 16.9 Å². The normalized spacial score (nSPS) is 19.8. The summed E-state index contributed by atoms with van der Waals surface area (Å²) in [4.78, 5) is 4.60. The number of aryl methyl sites for hydroxylation is 1. The van der Waals surface area contributed by atoms with Crippen molar-refractivity contribution >= 4 is 16.8 Å². The molecule has 1 aliphatic rings. The van der Waals surface area contributed by atoms with Crippen LogP contribution in [0.25, 0.3) is 0 Å². The van der Waals surface area contributed by atoms with Crippen LogP contribution in [0.15, 0.2) is 17.1 Å². The van der Waals surface area contributed by atoms with Gasteiger partial charge in [0.2, 0.25) is 0 Å². The SMILES string of the molecule is Cc1cc(C2=NC[C@H](C)S2)c(C(C)C)cc1O.